The third kappa shape index (κ3) is 2.94. The number of fused-ring (bicyclic) bond motifs is 1. The van der Waals surface area contributed by atoms with E-state index in [2.05, 4.69) is 11.4 Å². The predicted octanol–water partition coefficient (Wildman–Crippen LogP) is 0.831. The van der Waals surface area contributed by atoms with Crippen molar-refractivity contribution >= 4 is 0 Å². The van der Waals surface area contributed by atoms with Gasteiger partial charge in [0.1, 0.15) is 30.5 Å². The van der Waals surface area contributed by atoms with Gasteiger partial charge in [0, 0.05) is 13.3 Å². The van der Waals surface area contributed by atoms with Crippen LogP contribution in [0, 0.1) is 22.7 Å². The summed E-state index contributed by atoms with van der Waals surface area (Å²) in [5, 5.41) is 20.8. The first-order valence-corrected chi connectivity index (χ1v) is 7.11. The van der Waals surface area contributed by atoms with Crippen LogP contribution in [0.4, 0.5) is 0 Å². The molecule has 22 heavy (non-hydrogen) atoms. The van der Waals surface area contributed by atoms with Crippen LogP contribution >= 0.6 is 0 Å². The summed E-state index contributed by atoms with van der Waals surface area (Å²) in [5.74, 6) is -0.756. The van der Waals surface area contributed by atoms with Gasteiger partial charge in [-0.25, -0.2) is 0 Å². The van der Waals surface area contributed by atoms with Crippen molar-refractivity contribution in [3.05, 3.63) is 11.8 Å². The molecule has 2 rings (SSSR count). The van der Waals surface area contributed by atoms with E-state index in [4.69, 9.17) is 24.2 Å². The summed E-state index contributed by atoms with van der Waals surface area (Å²) >= 11 is 0. The van der Waals surface area contributed by atoms with Crippen LogP contribution in [0.1, 0.15) is 20.8 Å². The van der Waals surface area contributed by atoms with E-state index in [-0.39, 0.29) is 18.8 Å². The van der Waals surface area contributed by atoms with Crippen LogP contribution in [-0.4, -0.2) is 50.0 Å². The Kier molecular flexibility index (Phi) is 4.74. The smallest absolute Gasteiger partial charge is 0.164 e. The third-order valence-electron chi connectivity index (χ3n) is 3.79. The van der Waals surface area contributed by atoms with Gasteiger partial charge in [0.2, 0.25) is 0 Å². The Morgan fingerprint density at radius 3 is 2.68 bits per heavy atom. The molecule has 120 valence electrons. The zero-order chi connectivity index (χ0) is 16.4. The van der Waals surface area contributed by atoms with Gasteiger partial charge in [0.05, 0.1) is 24.3 Å². The Labute approximate surface area is 130 Å². The molecule has 1 N–H and O–H groups in total. The molecule has 0 spiro atoms. The Bertz CT molecular complexity index is 534. The molecule has 0 amide bonds. The molecule has 2 fully saturated rings. The van der Waals surface area contributed by atoms with E-state index in [1.807, 2.05) is 26.8 Å². The lowest BCUT2D eigenvalue weighted by Crippen LogP contribution is -2.45. The first kappa shape index (κ1) is 16.7. The fraction of sp³-hybridized carbons (Fsp3) is 0.733. The largest absolute Gasteiger partial charge is 0.382 e. The molecule has 0 radical (unpaired) electrons. The minimum Gasteiger partial charge on any atom is -0.382 e. The highest BCUT2D eigenvalue weighted by Crippen LogP contribution is 2.48. The molecule has 2 saturated heterocycles. The molecule has 7 heteroatoms. The van der Waals surface area contributed by atoms with E-state index < -0.39 is 17.5 Å². The molecule has 0 bridgehead atoms. The van der Waals surface area contributed by atoms with Crippen molar-refractivity contribution in [1.82, 2.24) is 5.32 Å². The Morgan fingerprint density at radius 2 is 2.09 bits per heavy atom. The number of methoxy groups -OCH3 is 1. The van der Waals surface area contributed by atoms with Gasteiger partial charge >= 0.3 is 0 Å². The van der Waals surface area contributed by atoms with Gasteiger partial charge in [-0.1, -0.05) is 0 Å². The van der Waals surface area contributed by atoms with E-state index in [1.165, 1.54) is 6.20 Å². The molecule has 2 heterocycles. The van der Waals surface area contributed by atoms with E-state index in [1.54, 1.807) is 7.11 Å². The third-order valence-corrected chi connectivity index (χ3v) is 3.79. The zero-order valence-corrected chi connectivity index (χ0v) is 13.3. The lowest BCUT2D eigenvalue weighted by molar-refractivity contribution is -0.200. The SMILES string of the molecule is COC[C@H]1OC(C(C#N)=CNCC#N)[C@]2(C)OC(C)(C)O[C@H]12. The molecule has 0 aliphatic carbocycles. The fourth-order valence-electron chi connectivity index (χ4n) is 3.11. The number of hydrogen-bond donors (Lipinski definition) is 1. The number of hydrogen-bond acceptors (Lipinski definition) is 7. The number of rotatable bonds is 5. The van der Waals surface area contributed by atoms with Gasteiger partial charge < -0.3 is 24.3 Å². The number of nitriles is 2. The molecule has 2 aliphatic heterocycles. The first-order valence-electron chi connectivity index (χ1n) is 7.11. The number of nitrogens with one attached hydrogen (secondary N) is 1. The molecule has 1 unspecified atom stereocenters. The molecule has 0 aromatic rings. The van der Waals surface area contributed by atoms with Gasteiger partial charge in [-0.3, -0.25) is 0 Å². The summed E-state index contributed by atoms with van der Waals surface area (Å²) < 4.78 is 23.2. The van der Waals surface area contributed by atoms with Crippen molar-refractivity contribution < 1.29 is 18.9 Å². The summed E-state index contributed by atoms with van der Waals surface area (Å²) in [6.45, 7) is 6.01. The van der Waals surface area contributed by atoms with Crippen LogP contribution in [0.2, 0.25) is 0 Å². The molecular weight excluding hydrogens is 286 g/mol. The van der Waals surface area contributed by atoms with Crippen LogP contribution < -0.4 is 5.32 Å². The van der Waals surface area contributed by atoms with E-state index in [0.29, 0.717) is 12.2 Å². The second-order valence-electron chi connectivity index (χ2n) is 5.98. The van der Waals surface area contributed by atoms with Crippen LogP contribution in [0.5, 0.6) is 0 Å². The highest BCUT2D eigenvalue weighted by molar-refractivity contribution is 5.32. The van der Waals surface area contributed by atoms with Crippen molar-refractivity contribution in [3.8, 4) is 12.1 Å². The summed E-state index contributed by atoms with van der Waals surface area (Å²) in [6.07, 6.45) is 0.255. The monoisotopic (exact) mass is 307 g/mol. The second kappa shape index (κ2) is 6.23. The van der Waals surface area contributed by atoms with Gasteiger partial charge in [-0.15, -0.1) is 0 Å². The zero-order valence-electron chi connectivity index (χ0n) is 13.3. The Hall–Kier alpha value is -1.64. The summed E-state index contributed by atoms with van der Waals surface area (Å²) in [4.78, 5) is 0. The van der Waals surface area contributed by atoms with Crippen molar-refractivity contribution in [3.63, 3.8) is 0 Å². The fourth-order valence-corrected chi connectivity index (χ4v) is 3.11. The second-order valence-corrected chi connectivity index (χ2v) is 5.98. The van der Waals surface area contributed by atoms with E-state index in [9.17, 15) is 5.26 Å². The van der Waals surface area contributed by atoms with Crippen LogP contribution in [0.25, 0.3) is 0 Å². The molecule has 2 aliphatic rings. The Balaban J connectivity index is 2.29. The highest BCUT2D eigenvalue weighted by Gasteiger charge is 2.64. The van der Waals surface area contributed by atoms with Crippen molar-refractivity contribution in [2.24, 2.45) is 0 Å². The number of nitrogens with zero attached hydrogens (tertiary/aromatic N) is 2. The summed E-state index contributed by atoms with van der Waals surface area (Å²) in [6, 6.07) is 4.07. The van der Waals surface area contributed by atoms with E-state index in [0.717, 1.165) is 0 Å². The molecule has 0 saturated carbocycles. The molecule has 4 atom stereocenters. The van der Waals surface area contributed by atoms with Gasteiger partial charge in [-0.2, -0.15) is 10.5 Å². The van der Waals surface area contributed by atoms with Crippen molar-refractivity contribution in [1.29, 1.82) is 10.5 Å². The maximum atomic E-state index is 9.42. The maximum Gasteiger partial charge on any atom is 0.164 e. The minimum absolute atomic E-state index is 0.113. The molecule has 0 aromatic heterocycles. The quantitative estimate of drug-likeness (QED) is 0.456. The summed E-state index contributed by atoms with van der Waals surface area (Å²) in [5.41, 5.74) is -0.426. The number of ether oxygens (including phenoxy) is 4. The minimum atomic E-state index is -0.789. The first-order chi connectivity index (χ1) is 10.4. The average Bonchev–Trinajstić information content (AvgIpc) is 2.83. The van der Waals surface area contributed by atoms with Crippen molar-refractivity contribution in [2.75, 3.05) is 20.3 Å². The van der Waals surface area contributed by atoms with Crippen LogP contribution in [0.3, 0.4) is 0 Å². The van der Waals surface area contributed by atoms with E-state index >= 15 is 0 Å². The van der Waals surface area contributed by atoms with Gasteiger partial charge in [0.25, 0.3) is 0 Å². The predicted molar refractivity (Wildman–Crippen MR) is 76.3 cm³/mol. The summed E-state index contributed by atoms with van der Waals surface area (Å²) in [7, 11) is 1.59. The average molecular weight is 307 g/mol. The van der Waals surface area contributed by atoms with Crippen molar-refractivity contribution in [2.45, 2.75) is 50.5 Å². The van der Waals surface area contributed by atoms with Crippen LogP contribution in [0.15, 0.2) is 11.8 Å². The molecule has 7 nitrogen and oxygen atoms in total. The molecule has 0 aromatic carbocycles. The Morgan fingerprint density at radius 1 is 1.36 bits per heavy atom. The molecular formula is C15H21N3O4. The highest BCUT2D eigenvalue weighted by atomic mass is 16.8. The lowest BCUT2D eigenvalue weighted by Gasteiger charge is -2.29. The maximum absolute atomic E-state index is 9.42. The van der Waals surface area contributed by atoms with Gasteiger partial charge in [0.15, 0.2) is 5.79 Å². The topological polar surface area (TPSA) is 96.5 Å². The normalized spacial score (nSPS) is 36.5. The standard InChI is InChI=1S/C15H21N3O4/c1-14(2)21-13-11(9-19-4)20-12(15(13,3)22-14)10(7-17)8-18-6-5-16/h8,11-13,18H,6,9H2,1-4H3/t11-,12?,13-,15+/m1/s1. The lowest BCUT2D eigenvalue weighted by atomic mass is 9.89. The van der Waals surface area contributed by atoms with Gasteiger partial charge in [-0.05, 0) is 20.8 Å². The van der Waals surface area contributed by atoms with Crippen LogP contribution in [-0.2, 0) is 18.9 Å².